The Morgan fingerprint density at radius 3 is 2.53 bits per heavy atom. The number of likely N-dealkylation sites (N-methyl/N-ethyl adjacent to an activating group) is 1. The summed E-state index contributed by atoms with van der Waals surface area (Å²) in [6, 6.07) is 0.288. The van der Waals surface area contributed by atoms with E-state index in [2.05, 4.69) is 77.7 Å². The summed E-state index contributed by atoms with van der Waals surface area (Å²) in [5.74, 6) is 0. The SMILES string of the molecule is CCNC(c1c(Br)cnn1CCN(C)C)C(C)(C)C. The van der Waals surface area contributed by atoms with Crippen molar-refractivity contribution in [3.05, 3.63) is 16.4 Å². The molecule has 1 atom stereocenters. The van der Waals surface area contributed by atoms with Crippen molar-refractivity contribution in [2.45, 2.75) is 40.3 Å². The van der Waals surface area contributed by atoms with Gasteiger partial charge in [-0.3, -0.25) is 4.68 Å². The molecule has 0 amide bonds. The summed E-state index contributed by atoms with van der Waals surface area (Å²) in [4.78, 5) is 2.18. The van der Waals surface area contributed by atoms with Crippen LogP contribution in [0.2, 0.25) is 0 Å². The summed E-state index contributed by atoms with van der Waals surface area (Å²) in [5.41, 5.74) is 1.39. The third-order valence-electron chi connectivity index (χ3n) is 3.14. The Balaban J connectivity index is 3.04. The number of nitrogens with zero attached hydrogens (tertiary/aromatic N) is 3. The van der Waals surface area contributed by atoms with Crippen molar-refractivity contribution in [2.75, 3.05) is 27.2 Å². The second kappa shape index (κ2) is 6.86. The van der Waals surface area contributed by atoms with Gasteiger partial charge in [-0.2, -0.15) is 5.10 Å². The molecule has 1 aromatic heterocycles. The Morgan fingerprint density at radius 1 is 1.42 bits per heavy atom. The Hall–Kier alpha value is -0.390. The first-order chi connectivity index (χ1) is 8.77. The summed E-state index contributed by atoms with van der Waals surface area (Å²) in [5, 5.41) is 8.10. The molecule has 1 heterocycles. The van der Waals surface area contributed by atoms with Crippen LogP contribution in [-0.2, 0) is 6.54 Å². The Labute approximate surface area is 125 Å². The van der Waals surface area contributed by atoms with Crippen molar-refractivity contribution in [2.24, 2.45) is 5.41 Å². The van der Waals surface area contributed by atoms with E-state index in [4.69, 9.17) is 0 Å². The van der Waals surface area contributed by atoms with Crippen LogP contribution in [0.3, 0.4) is 0 Å². The molecule has 0 saturated heterocycles. The zero-order valence-corrected chi connectivity index (χ0v) is 14.6. The van der Waals surface area contributed by atoms with Crippen LogP contribution in [0.15, 0.2) is 10.7 Å². The highest BCUT2D eigenvalue weighted by Crippen LogP contribution is 2.36. The van der Waals surface area contributed by atoms with Crippen LogP contribution < -0.4 is 5.32 Å². The van der Waals surface area contributed by atoms with Crippen molar-refractivity contribution < 1.29 is 0 Å². The van der Waals surface area contributed by atoms with Gasteiger partial charge >= 0.3 is 0 Å². The van der Waals surface area contributed by atoms with Crippen molar-refractivity contribution >= 4 is 15.9 Å². The van der Waals surface area contributed by atoms with E-state index in [9.17, 15) is 0 Å². The molecule has 110 valence electrons. The van der Waals surface area contributed by atoms with Gasteiger partial charge < -0.3 is 10.2 Å². The van der Waals surface area contributed by atoms with Crippen molar-refractivity contribution in [3.8, 4) is 0 Å². The molecule has 0 fully saturated rings. The van der Waals surface area contributed by atoms with E-state index in [1.165, 1.54) is 5.69 Å². The highest BCUT2D eigenvalue weighted by Gasteiger charge is 2.30. The third kappa shape index (κ3) is 4.58. The van der Waals surface area contributed by atoms with E-state index >= 15 is 0 Å². The van der Waals surface area contributed by atoms with Gasteiger partial charge in [0, 0.05) is 6.54 Å². The molecule has 0 spiro atoms. The molecule has 19 heavy (non-hydrogen) atoms. The standard InChI is InChI=1S/C14H27BrN4/c1-7-16-13(14(2,3)4)12-11(15)10-17-19(12)9-8-18(5)6/h10,13,16H,7-9H2,1-6H3. The van der Waals surface area contributed by atoms with Crippen LogP contribution in [0.4, 0.5) is 0 Å². The Morgan fingerprint density at radius 2 is 2.05 bits per heavy atom. The van der Waals surface area contributed by atoms with Crippen molar-refractivity contribution in [1.82, 2.24) is 20.0 Å². The van der Waals surface area contributed by atoms with Gasteiger partial charge in [0.05, 0.1) is 29.0 Å². The van der Waals surface area contributed by atoms with E-state index in [0.29, 0.717) is 0 Å². The first-order valence-corrected chi connectivity index (χ1v) is 7.66. The van der Waals surface area contributed by atoms with Crippen LogP contribution >= 0.6 is 15.9 Å². The van der Waals surface area contributed by atoms with Gasteiger partial charge in [0.25, 0.3) is 0 Å². The van der Waals surface area contributed by atoms with Gasteiger partial charge in [-0.15, -0.1) is 0 Å². The number of hydrogen-bond donors (Lipinski definition) is 1. The van der Waals surface area contributed by atoms with Crippen LogP contribution in [0.5, 0.6) is 0 Å². The zero-order chi connectivity index (χ0) is 14.6. The molecule has 0 radical (unpaired) electrons. The number of nitrogens with one attached hydrogen (secondary N) is 1. The van der Waals surface area contributed by atoms with Crippen LogP contribution in [0.25, 0.3) is 0 Å². The lowest BCUT2D eigenvalue weighted by molar-refractivity contribution is 0.257. The third-order valence-corrected chi connectivity index (χ3v) is 3.75. The quantitative estimate of drug-likeness (QED) is 0.870. The molecule has 0 aliphatic heterocycles. The Kier molecular flexibility index (Phi) is 6.02. The highest BCUT2D eigenvalue weighted by molar-refractivity contribution is 9.10. The molecule has 5 heteroatoms. The first-order valence-electron chi connectivity index (χ1n) is 6.86. The van der Waals surface area contributed by atoms with Crippen LogP contribution in [0.1, 0.15) is 39.4 Å². The monoisotopic (exact) mass is 330 g/mol. The fraction of sp³-hybridized carbons (Fsp3) is 0.786. The molecule has 1 rings (SSSR count). The summed E-state index contributed by atoms with van der Waals surface area (Å²) in [7, 11) is 4.17. The lowest BCUT2D eigenvalue weighted by Gasteiger charge is -2.32. The molecule has 1 N–H and O–H groups in total. The normalized spacial score (nSPS) is 14.1. The van der Waals surface area contributed by atoms with E-state index in [-0.39, 0.29) is 11.5 Å². The highest BCUT2D eigenvalue weighted by atomic mass is 79.9. The van der Waals surface area contributed by atoms with Crippen molar-refractivity contribution in [1.29, 1.82) is 0 Å². The summed E-state index contributed by atoms with van der Waals surface area (Å²) in [6.45, 7) is 11.8. The molecule has 0 aromatic carbocycles. The van der Waals surface area contributed by atoms with E-state index in [1.54, 1.807) is 0 Å². The summed E-state index contributed by atoms with van der Waals surface area (Å²) in [6.07, 6.45) is 1.90. The largest absolute Gasteiger partial charge is 0.308 e. The maximum absolute atomic E-state index is 4.51. The lowest BCUT2D eigenvalue weighted by Crippen LogP contribution is -2.35. The molecule has 4 nitrogen and oxygen atoms in total. The fourth-order valence-electron chi connectivity index (χ4n) is 2.15. The van der Waals surface area contributed by atoms with Crippen LogP contribution in [-0.4, -0.2) is 41.9 Å². The minimum atomic E-state index is 0.147. The van der Waals surface area contributed by atoms with Gasteiger partial charge in [-0.25, -0.2) is 0 Å². The minimum absolute atomic E-state index is 0.147. The van der Waals surface area contributed by atoms with Gasteiger partial charge in [0.1, 0.15) is 0 Å². The minimum Gasteiger partial charge on any atom is -0.308 e. The second-order valence-corrected chi connectivity index (χ2v) is 7.12. The summed E-state index contributed by atoms with van der Waals surface area (Å²) >= 11 is 3.65. The number of hydrogen-bond acceptors (Lipinski definition) is 3. The maximum Gasteiger partial charge on any atom is 0.0701 e. The zero-order valence-electron chi connectivity index (χ0n) is 13.0. The van der Waals surface area contributed by atoms with E-state index < -0.39 is 0 Å². The van der Waals surface area contributed by atoms with Gasteiger partial charge in [-0.1, -0.05) is 27.7 Å². The predicted molar refractivity (Wildman–Crippen MR) is 84.4 cm³/mol. The average molecular weight is 331 g/mol. The van der Waals surface area contributed by atoms with Gasteiger partial charge in [0.15, 0.2) is 0 Å². The fourth-order valence-corrected chi connectivity index (χ4v) is 2.67. The molecule has 0 bridgehead atoms. The molecule has 0 saturated carbocycles. The lowest BCUT2D eigenvalue weighted by atomic mass is 9.84. The molecule has 1 aromatic rings. The predicted octanol–water partition coefficient (Wildman–Crippen LogP) is 2.90. The molecule has 1 unspecified atom stereocenters. The first kappa shape index (κ1) is 16.7. The van der Waals surface area contributed by atoms with Gasteiger partial charge in [0.2, 0.25) is 0 Å². The van der Waals surface area contributed by atoms with Gasteiger partial charge in [-0.05, 0) is 42.0 Å². The molecular formula is C14H27BrN4. The van der Waals surface area contributed by atoms with E-state index in [0.717, 1.165) is 24.1 Å². The number of aromatic nitrogens is 2. The molecule has 0 aliphatic carbocycles. The molecular weight excluding hydrogens is 304 g/mol. The van der Waals surface area contributed by atoms with Crippen LogP contribution in [0, 0.1) is 5.41 Å². The second-order valence-electron chi connectivity index (χ2n) is 6.26. The topological polar surface area (TPSA) is 33.1 Å². The number of rotatable bonds is 6. The smallest absolute Gasteiger partial charge is 0.0701 e. The Bertz CT molecular complexity index is 393. The maximum atomic E-state index is 4.51. The van der Waals surface area contributed by atoms with Crippen molar-refractivity contribution in [3.63, 3.8) is 0 Å². The summed E-state index contributed by atoms with van der Waals surface area (Å²) < 4.78 is 3.20. The van der Waals surface area contributed by atoms with E-state index in [1.807, 2.05) is 6.20 Å². The number of halogens is 1. The molecule has 0 aliphatic rings. The average Bonchev–Trinajstić information content (AvgIpc) is 2.63.